The topological polar surface area (TPSA) is 97.6 Å². The Morgan fingerprint density at radius 3 is 2.39 bits per heavy atom. The molecule has 1 aromatic heterocycles. The van der Waals surface area contributed by atoms with Gasteiger partial charge in [-0.05, 0) is 62.7 Å². The number of esters is 1. The van der Waals surface area contributed by atoms with E-state index >= 15 is 0 Å². The Labute approximate surface area is 224 Å². The highest BCUT2D eigenvalue weighted by molar-refractivity contribution is 7.07. The van der Waals surface area contributed by atoms with Gasteiger partial charge in [0.2, 0.25) is 0 Å². The molecule has 4 rings (SSSR count). The van der Waals surface area contributed by atoms with Crippen molar-refractivity contribution in [2.75, 3.05) is 34.5 Å². The zero-order valence-corrected chi connectivity index (χ0v) is 23.0. The number of aromatic nitrogens is 1. The number of fused-ring (bicyclic) bond motifs is 1. The van der Waals surface area contributed by atoms with Crippen LogP contribution in [0.5, 0.6) is 23.0 Å². The van der Waals surface area contributed by atoms with Gasteiger partial charge in [-0.2, -0.15) is 0 Å². The number of benzene rings is 2. The van der Waals surface area contributed by atoms with E-state index in [1.807, 2.05) is 13.0 Å². The third kappa shape index (κ3) is 5.04. The molecule has 10 heteroatoms. The summed E-state index contributed by atoms with van der Waals surface area (Å²) in [5, 5.41) is 0. The van der Waals surface area contributed by atoms with Crippen molar-refractivity contribution in [3.8, 4) is 23.0 Å². The van der Waals surface area contributed by atoms with Gasteiger partial charge in [-0.15, -0.1) is 0 Å². The van der Waals surface area contributed by atoms with Gasteiger partial charge in [-0.25, -0.2) is 9.79 Å². The lowest BCUT2D eigenvalue weighted by Crippen LogP contribution is -2.40. The standard InChI is InChI=1S/C28H30N2O7S/c1-7-36-21-11-9-17(13-22(21)35-6)14-23-26(31)30-25(19-15-18(33-4)10-12-20(19)34-5)24(27(32)37-8-2)16(3)29-28(30)38-23/h9-15,25H,7-8H2,1-6H3/b23-14+/t25-/m1/s1. The normalized spacial score (nSPS) is 15.0. The molecular formula is C28H30N2O7S. The summed E-state index contributed by atoms with van der Waals surface area (Å²) in [6.07, 6.45) is 1.77. The van der Waals surface area contributed by atoms with Crippen LogP contribution in [0.3, 0.4) is 0 Å². The van der Waals surface area contributed by atoms with Gasteiger partial charge in [0.1, 0.15) is 17.5 Å². The maximum absolute atomic E-state index is 13.9. The zero-order chi connectivity index (χ0) is 27.4. The molecule has 0 saturated heterocycles. The molecular weight excluding hydrogens is 508 g/mol. The number of nitrogens with zero attached hydrogens (tertiary/aromatic N) is 2. The minimum atomic E-state index is -0.827. The number of rotatable bonds is 9. The molecule has 38 heavy (non-hydrogen) atoms. The van der Waals surface area contributed by atoms with Gasteiger partial charge >= 0.3 is 5.97 Å². The Morgan fingerprint density at radius 2 is 1.74 bits per heavy atom. The Balaban J connectivity index is 1.96. The molecule has 0 bridgehead atoms. The van der Waals surface area contributed by atoms with Crippen molar-refractivity contribution in [1.82, 2.24) is 4.57 Å². The van der Waals surface area contributed by atoms with Gasteiger partial charge in [0, 0.05) is 5.56 Å². The first kappa shape index (κ1) is 27.0. The van der Waals surface area contributed by atoms with E-state index in [-0.39, 0.29) is 17.7 Å². The molecule has 0 N–H and O–H groups in total. The first-order chi connectivity index (χ1) is 18.4. The van der Waals surface area contributed by atoms with Crippen LogP contribution in [-0.2, 0) is 9.53 Å². The van der Waals surface area contributed by atoms with Crippen LogP contribution in [0.4, 0.5) is 0 Å². The Morgan fingerprint density at radius 1 is 1.00 bits per heavy atom. The van der Waals surface area contributed by atoms with Gasteiger partial charge in [0.05, 0.1) is 50.3 Å². The molecule has 1 aliphatic heterocycles. The molecule has 2 aromatic carbocycles. The lowest BCUT2D eigenvalue weighted by atomic mass is 9.94. The van der Waals surface area contributed by atoms with E-state index in [4.69, 9.17) is 23.7 Å². The predicted octanol–water partition coefficient (Wildman–Crippen LogP) is 3.22. The number of carbonyl (C=O) groups is 1. The fourth-order valence-corrected chi connectivity index (χ4v) is 5.39. The lowest BCUT2D eigenvalue weighted by Gasteiger charge is -2.26. The molecule has 0 amide bonds. The van der Waals surface area contributed by atoms with Crippen molar-refractivity contribution in [2.24, 2.45) is 4.99 Å². The summed E-state index contributed by atoms with van der Waals surface area (Å²) >= 11 is 1.24. The van der Waals surface area contributed by atoms with Crippen molar-refractivity contribution < 1.29 is 28.5 Å². The second-order valence-electron chi connectivity index (χ2n) is 8.25. The van der Waals surface area contributed by atoms with E-state index in [2.05, 4.69) is 4.99 Å². The Kier molecular flexibility index (Phi) is 8.21. The number of hydrogen-bond donors (Lipinski definition) is 0. The molecule has 0 unspecified atom stereocenters. The lowest BCUT2D eigenvalue weighted by molar-refractivity contribution is -0.139. The van der Waals surface area contributed by atoms with Gasteiger partial charge in [0.25, 0.3) is 5.56 Å². The number of ether oxygens (including phenoxy) is 5. The minimum absolute atomic E-state index is 0.182. The molecule has 1 atom stereocenters. The van der Waals surface area contributed by atoms with Crippen molar-refractivity contribution >= 4 is 23.4 Å². The number of methoxy groups -OCH3 is 3. The molecule has 2 heterocycles. The van der Waals surface area contributed by atoms with E-state index in [1.54, 1.807) is 64.5 Å². The maximum Gasteiger partial charge on any atom is 0.338 e. The highest BCUT2D eigenvalue weighted by Crippen LogP contribution is 2.38. The van der Waals surface area contributed by atoms with Crippen molar-refractivity contribution in [3.05, 3.63) is 78.5 Å². The fraction of sp³-hybridized carbons (Fsp3) is 0.321. The van der Waals surface area contributed by atoms with Crippen LogP contribution in [0.2, 0.25) is 0 Å². The smallest absolute Gasteiger partial charge is 0.338 e. The minimum Gasteiger partial charge on any atom is -0.497 e. The van der Waals surface area contributed by atoms with Gasteiger partial charge < -0.3 is 23.7 Å². The first-order valence-corrected chi connectivity index (χ1v) is 12.9. The summed E-state index contributed by atoms with van der Waals surface area (Å²) in [4.78, 5) is 32.1. The van der Waals surface area contributed by atoms with E-state index in [0.717, 1.165) is 5.56 Å². The predicted molar refractivity (Wildman–Crippen MR) is 144 cm³/mol. The van der Waals surface area contributed by atoms with Crippen molar-refractivity contribution in [1.29, 1.82) is 0 Å². The summed E-state index contributed by atoms with van der Waals surface area (Å²) in [5.74, 6) is 1.69. The zero-order valence-electron chi connectivity index (χ0n) is 22.2. The van der Waals surface area contributed by atoms with Gasteiger partial charge in [0.15, 0.2) is 16.3 Å². The van der Waals surface area contributed by atoms with E-state index in [0.29, 0.717) is 50.2 Å². The average molecular weight is 539 g/mol. The summed E-state index contributed by atoms with van der Waals surface area (Å²) in [6.45, 7) is 6.05. The number of thiazole rings is 1. The maximum atomic E-state index is 13.9. The summed E-state index contributed by atoms with van der Waals surface area (Å²) < 4.78 is 29.5. The van der Waals surface area contributed by atoms with E-state index < -0.39 is 12.0 Å². The highest BCUT2D eigenvalue weighted by atomic mass is 32.1. The van der Waals surface area contributed by atoms with Crippen molar-refractivity contribution in [3.63, 3.8) is 0 Å². The highest BCUT2D eigenvalue weighted by Gasteiger charge is 2.35. The van der Waals surface area contributed by atoms with Crippen LogP contribution in [0, 0.1) is 0 Å². The summed E-state index contributed by atoms with van der Waals surface area (Å²) in [7, 11) is 4.65. The van der Waals surface area contributed by atoms with Crippen LogP contribution in [-0.4, -0.2) is 45.1 Å². The molecule has 0 aliphatic carbocycles. The monoisotopic (exact) mass is 538 g/mol. The van der Waals surface area contributed by atoms with Crippen LogP contribution in [0.1, 0.15) is 37.9 Å². The number of carbonyl (C=O) groups excluding carboxylic acids is 1. The molecule has 3 aromatic rings. The number of hydrogen-bond acceptors (Lipinski definition) is 9. The van der Waals surface area contributed by atoms with Crippen LogP contribution in [0.25, 0.3) is 6.08 Å². The van der Waals surface area contributed by atoms with Crippen molar-refractivity contribution in [2.45, 2.75) is 26.8 Å². The molecule has 0 spiro atoms. The Bertz CT molecular complexity index is 1570. The second-order valence-corrected chi connectivity index (χ2v) is 9.26. The fourth-order valence-electron chi connectivity index (χ4n) is 4.34. The average Bonchev–Trinajstić information content (AvgIpc) is 3.22. The number of allylic oxidation sites excluding steroid dienone is 1. The second kappa shape index (κ2) is 11.6. The van der Waals surface area contributed by atoms with E-state index in [9.17, 15) is 9.59 Å². The van der Waals surface area contributed by atoms with Gasteiger partial charge in [-0.3, -0.25) is 9.36 Å². The molecule has 1 aliphatic rings. The molecule has 0 saturated carbocycles. The first-order valence-electron chi connectivity index (χ1n) is 12.1. The molecule has 200 valence electrons. The Hall–Kier alpha value is -4.05. The van der Waals surface area contributed by atoms with Gasteiger partial charge in [-0.1, -0.05) is 17.4 Å². The third-order valence-electron chi connectivity index (χ3n) is 6.03. The largest absolute Gasteiger partial charge is 0.497 e. The summed E-state index contributed by atoms with van der Waals surface area (Å²) in [5.41, 5.74) is 1.77. The van der Waals surface area contributed by atoms with Crippen LogP contribution in [0.15, 0.2) is 57.5 Å². The van der Waals surface area contributed by atoms with Crippen LogP contribution < -0.4 is 33.8 Å². The molecule has 0 fully saturated rings. The molecule has 9 nitrogen and oxygen atoms in total. The van der Waals surface area contributed by atoms with Crippen LogP contribution >= 0.6 is 11.3 Å². The van der Waals surface area contributed by atoms with E-state index in [1.165, 1.54) is 23.0 Å². The quantitative estimate of drug-likeness (QED) is 0.386. The molecule has 0 radical (unpaired) electrons. The summed E-state index contributed by atoms with van der Waals surface area (Å²) in [6, 6.07) is 9.89. The SMILES string of the molecule is CCOC(=O)C1=C(C)N=c2s/c(=C/c3ccc(OCC)c(OC)c3)c(=O)n2[C@@H]1c1cc(OC)ccc1OC. The third-order valence-corrected chi connectivity index (χ3v) is 7.02.